The largest absolute Gasteiger partial charge is 0.508 e. The molecule has 2 rings (SSSR count). The van der Waals surface area contributed by atoms with E-state index in [0.717, 1.165) is 12.1 Å². The Morgan fingerprint density at radius 1 is 1.17 bits per heavy atom. The average molecular weight is 316 g/mol. The number of phenols is 1. The van der Waals surface area contributed by atoms with Crippen LogP contribution in [0.25, 0.3) is 0 Å². The van der Waals surface area contributed by atoms with Crippen LogP contribution in [0.5, 0.6) is 5.75 Å². The minimum absolute atomic E-state index is 0.0201. The van der Waals surface area contributed by atoms with E-state index in [-0.39, 0.29) is 28.3 Å². The van der Waals surface area contributed by atoms with Gasteiger partial charge in [-0.15, -0.1) is 0 Å². The number of carbonyl (C=O) groups is 2. The van der Waals surface area contributed by atoms with Crippen LogP contribution in [-0.2, 0) is 0 Å². The average Bonchev–Trinajstić information content (AvgIpc) is 2.48. The molecule has 8 nitrogen and oxygen atoms in total. The molecule has 1 amide bonds. The Morgan fingerprint density at radius 3 is 2.48 bits per heavy atom. The maximum atomic E-state index is 12.2. The molecule has 3 N–H and O–H groups in total. The van der Waals surface area contributed by atoms with E-state index >= 15 is 0 Å². The van der Waals surface area contributed by atoms with Gasteiger partial charge in [0, 0.05) is 17.2 Å². The standard InChI is InChI=1S/C15H12N2O6/c1-8-2-3-9(6-13(8)17(22)23)14(19)16-12-5-4-10(18)7-11(12)15(20)21/h2-7,18H,1H3,(H,16,19)(H,20,21). The van der Waals surface area contributed by atoms with Crippen LogP contribution >= 0.6 is 0 Å². The molecule has 0 aliphatic carbocycles. The number of benzene rings is 2. The van der Waals surface area contributed by atoms with E-state index in [2.05, 4.69) is 5.32 Å². The Kier molecular flexibility index (Phi) is 4.26. The number of carbonyl (C=O) groups excluding carboxylic acids is 1. The third-order valence-corrected chi connectivity index (χ3v) is 3.15. The molecular formula is C15H12N2O6. The molecule has 0 aliphatic heterocycles. The van der Waals surface area contributed by atoms with Crippen molar-refractivity contribution >= 4 is 23.3 Å². The highest BCUT2D eigenvalue weighted by Crippen LogP contribution is 2.23. The third kappa shape index (κ3) is 3.43. The molecular weight excluding hydrogens is 304 g/mol. The zero-order valence-corrected chi connectivity index (χ0v) is 11.9. The van der Waals surface area contributed by atoms with Gasteiger partial charge in [0.05, 0.1) is 16.2 Å². The van der Waals surface area contributed by atoms with Gasteiger partial charge in [0.25, 0.3) is 11.6 Å². The fraction of sp³-hybridized carbons (Fsp3) is 0.0667. The summed E-state index contributed by atoms with van der Waals surface area (Å²) in [5.41, 5.74) is -0.0978. The molecule has 0 spiro atoms. The van der Waals surface area contributed by atoms with Gasteiger partial charge in [-0.3, -0.25) is 14.9 Å². The van der Waals surface area contributed by atoms with Crippen LogP contribution in [0.15, 0.2) is 36.4 Å². The molecule has 0 saturated heterocycles. The number of aromatic carboxylic acids is 1. The summed E-state index contributed by atoms with van der Waals surface area (Å²) in [6.45, 7) is 1.54. The molecule has 2 aromatic rings. The van der Waals surface area contributed by atoms with Gasteiger partial charge in [-0.25, -0.2) is 4.79 Å². The molecule has 0 bridgehead atoms. The number of aromatic hydroxyl groups is 1. The summed E-state index contributed by atoms with van der Waals surface area (Å²) in [6, 6.07) is 7.40. The minimum atomic E-state index is -1.33. The van der Waals surface area contributed by atoms with E-state index in [0.29, 0.717) is 5.56 Å². The van der Waals surface area contributed by atoms with Crippen LogP contribution in [0.3, 0.4) is 0 Å². The minimum Gasteiger partial charge on any atom is -0.508 e. The van der Waals surface area contributed by atoms with Crippen molar-refractivity contribution in [2.45, 2.75) is 6.92 Å². The topological polar surface area (TPSA) is 130 Å². The fourth-order valence-electron chi connectivity index (χ4n) is 1.96. The number of carboxylic acids is 1. The number of rotatable bonds is 4. The number of anilines is 1. The lowest BCUT2D eigenvalue weighted by atomic mass is 10.1. The molecule has 118 valence electrons. The number of nitro benzene ring substituents is 1. The summed E-state index contributed by atoms with van der Waals surface area (Å²) in [6.07, 6.45) is 0. The number of nitrogens with zero attached hydrogens (tertiary/aromatic N) is 1. The van der Waals surface area contributed by atoms with Gasteiger partial charge in [-0.2, -0.15) is 0 Å². The number of nitro groups is 1. The molecule has 0 radical (unpaired) electrons. The molecule has 8 heteroatoms. The van der Waals surface area contributed by atoms with E-state index < -0.39 is 16.8 Å². The van der Waals surface area contributed by atoms with Gasteiger partial charge in [0.1, 0.15) is 5.75 Å². The molecule has 0 heterocycles. The Morgan fingerprint density at radius 2 is 1.87 bits per heavy atom. The number of aryl methyl sites for hydroxylation is 1. The number of amides is 1. The van der Waals surface area contributed by atoms with Crippen molar-refractivity contribution in [1.29, 1.82) is 0 Å². The van der Waals surface area contributed by atoms with Crippen molar-refractivity contribution in [3.63, 3.8) is 0 Å². The second-order valence-electron chi connectivity index (χ2n) is 4.75. The van der Waals surface area contributed by atoms with Crippen LogP contribution in [0.4, 0.5) is 11.4 Å². The zero-order chi connectivity index (χ0) is 17.1. The Balaban J connectivity index is 2.35. The maximum Gasteiger partial charge on any atom is 0.337 e. The molecule has 0 fully saturated rings. The van der Waals surface area contributed by atoms with Gasteiger partial charge in [-0.05, 0) is 31.2 Å². The van der Waals surface area contributed by atoms with Crippen LogP contribution < -0.4 is 5.32 Å². The lowest BCUT2D eigenvalue weighted by molar-refractivity contribution is -0.385. The van der Waals surface area contributed by atoms with E-state index in [9.17, 15) is 24.8 Å². The first-order valence-corrected chi connectivity index (χ1v) is 6.42. The molecule has 0 saturated carbocycles. The highest BCUT2D eigenvalue weighted by Gasteiger charge is 2.17. The monoisotopic (exact) mass is 316 g/mol. The first-order valence-electron chi connectivity index (χ1n) is 6.42. The van der Waals surface area contributed by atoms with Crippen molar-refractivity contribution in [3.8, 4) is 5.75 Å². The fourth-order valence-corrected chi connectivity index (χ4v) is 1.96. The predicted octanol–water partition coefficient (Wildman–Crippen LogP) is 2.56. The van der Waals surface area contributed by atoms with E-state index in [4.69, 9.17) is 5.11 Å². The van der Waals surface area contributed by atoms with Crippen molar-refractivity contribution in [1.82, 2.24) is 0 Å². The summed E-state index contributed by atoms with van der Waals surface area (Å²) in [5, 5.41) is 31.7. The predicted molar refractivity (Wildman–Crippen MR) is 80.9 cm³/mol. The highest BCUT2D eigenvalue weighted by molar-refractivity contribution is 6.08. The number of carboxylic acid groups (broad SMARTS) is 1. The summed E-state index contributed by atoms with van der Waals surface area (Å²) < 4.78 is 0. The molecule has 0 aliphatic rings. The summed E-state index contributed by atoms with van der Waals surface area (Å²) >= 11 is 0. The number of phenolic OH excluding ortho intramolecular Hbond substituents is 1. The second-order valence-corrected chi connectivity index (χ2v) is 4.75. The van der Waals surface area contributed by atoms with Gasteiger partial charge in [-0.1, -0.05) is 6.07 Å². The van der Waals surface area contributed by atoms with Crippen molar-refractivity contribution in [2.24, 2.45) is 0 Å². The van der Waals surface area contributed by atoms with Gasteiger partial charge in [0.15, 0.2) is 0 Å². The van der Waals surface area contributed by atoms with E-state index in [1.54, 1.807) is 6.92 Å². The second kappa shape index (κ2) is 6.14. The Hall–Kier alpha value is -3.42. The van der Waals surface area contributed by atoms with E-state index in [1.165, 1.54) is 24.3 Å². The Labute approximate surface area is 130 Å². The van der Waals surface area contributed by atoms with Gasteiger partial charge in [0.2, 0.25) is 0 Å². The maximum absolute atomic E-state index is 12.2. The smallest absolute Gasteiger partial charge is 0.337 e. The molecule has 0 unspecified atom stereocenters. The van der Waals surface area contributed by atoms with Gasteiger partial charge >= 0.3 is 5.97 Å². The first kappa shape index (κ1) is 16.0. The third-order valence-electron chi connectivity index (χ3n) is 3.15. The van der Waals surface area contributed by atoms with Crippen LogP contribution in [0, 0.1) is 17.0 Å². The van der Waals surface area contributed by atoms with Crippen molar-refractivity contribution < 1.29 is 24.7 Å². The molecule has 2 aromatic carbocycles. The number of hydrogen-bond acceptors (Lipinski definition) is 5. The molecule has 23 heavy (non-hydrogen) atoms. The Bertz CT molecular complexity index is 816. The van der Waals surface area contributed by atoms with E-state index in [1.807, 2.05) is 0 Å². The summed E-state index contributed by atoms with van der Waals surface area (Å²) in [4.78, 5) is 33.6. The quantitative estimate of drug-likeness (QED) is 0.451. The molecule has 0 aromatic heterocycles. The number of nitrogens with one attached hydrogen (secondary N) is 1. The zero-order valence-electron chi connectivity index (χ0n) is 11.9. The number of hydrogen-bond donors (Lipinski definition) is 3. The lowest BCUT2D eigenvalue weighted by Crippen LogP contribution is -2.15. The summed E-state index contributed by atoms with van der Waals surface area (Å²) in [5.74, 6) is -2.28. The van der Waals surface area contributed by atoms with Crippen molar-refractivity contribution in [3.05, 3.63) is 63.2 Å². The van der Waals surface area contributed by atoms with Crippen LogP contribution in [0.2, 0.25) is 0 Å². The molecule has 0 atom stereocenters. The summed E-state index contributed by atoms with van der Waals surface area (Å²) in [7, 11) is 0. The SMILES string of the molecule is Cc1ccc(C(=O)Nc2ccc(O)cc2C(=O)O)cc1[N+](=O)[O-]. The van der Waals surface area contributed by atoms with Crippen LogP contribution in [0.1, 0.15) is 26.3 Å². The van der Waals surface area contributed by atoms with Crippen LogP contribution in [-0.4, -0.2) is 27.0 Å². The highest BCUT2D eigenvalue weighted by atomic mass is 16.6. The first-order chi connectivity index (χ1) is 10.8. The van der Waals surface area contributed by atoms with Gasteiger partial charge < -0.3 is 15.5 Å². The van der Waals surface area contributed by atoms with Crippen molar-refractivity contribution in [2.75, 3.05) is 5.32 Å². The lowest BCUT2D eigenvalue weighted by Gasteiger charge is -2.09. The normalized spacial score (nSPS) is 10.1.